The van der Waals surface area contributed by atoms with Crippen LogP contribution in [0.25, 0.3) is 0 Å². The largest absolute Gasteiger partial charge is 0.374 e. The zero-order valence-electron chi connectivity index (χ0n) is 9.94. The Morgan fingerprint density at radius 3 is 2.67 bits per heavy atom. The molecule has 1 fully saturated rings. The lowest BCUT2D eigenvalue weighted by Crippen LogP contribution is -2.43. The molecule has 18 heavy (non-hydrogen) atoms. The minimum Gasteiger partial charge on any atom is -0.374 e. The van der Waals surface area contributed by atoms with Gasteiger partial charge in [-0.25, -0.2) is 4.79 Å². The average Bonchev–Trinajstić information content (AvgIpc) is 2.77. The smallest absolute Gasteiger partial charge is 0.324 e. The lowest BCUT2D eigenvalue weighted by Gasteiger charge is -2.19. The molecule has 1 atom stereocenters. The number of imide groups is 1. The van der Waals surface area contributed by atoms with Gasteiger partial charge in [0.25, 0.3) is 5.91 Å². The van der Waals surface area contributed by atoms with E-state index in [0.29, 0.717) is 13.1 Å². The molecule has 0 aliphatic carbocycles. The molecule has 2 N–H and O–H groups in total. The summed E-state index contributed by atoms with van der Waals surface area (Å²) < 4.78 is 1.14. The molecule has 5 nitrogen and oxygen atoms in total. The normalized spacial score (nSPS) is 16.3. The first-order valence-electron chi connectivity index (χ1n) is 5.69. The van der Waals surface area contributed by atoms with E-state index in [1.54, 1.807) is 6.92 Å². The second-order valence-electron chi connectivity index (χ2n) is 4.09. The van der Waals surface area contributed by atoms with Gasteiger partial charge in [0.1, 0.15) is 6.04 Å². The van der Waals surface area contributed by atoms with Gasteiger partial charge in [-0.15, -0.1) is 0 Å². The highest BCUT2D eigenvalue weighted by molar-refractivity contribution is 14.1. The highest BCUT2D eigenvalue weighted by Gasteiger charge is 2.29. The molecule has 0 aromatic heterocycles. The van der Waals surface area contributed by atoms with E-state index in [0.717, 1.165) is 9.26 Å². The molecule has 3 amide bonds. The van der Waals surface area contributed by atoms with Crippen molar-refractivity contribution in [3.8, 4) is 0 Å². The van der Waals surface area contributed by atoms with Gasteiger partial charge < -0.3 is 10.6 Å². The van der Waals surface area contributed by atoms with Crippen LogP contribution >= 0.6 is 22.6 Å². The summed E-state index contributed by atoms with van der Waals surface area (Å²) in [6.07, 6.45) is 0. The quantitative estimate of drug-likeness (QED) is 0.807. The molecule has 0 radical (unpaired) electrons. The fraction of sp³-hybridized carbons (Fsp3) is 0.333. The third kappa shape index (κ3) is 2.92. The first kappa shape index (κ1) is 13.1. The summed E-state index contributed by atoms with van der Waals surface area (Å²) >= 11 is 2.22. The summed E-state index contributed by atoms with van der Waals surface area (Å²) in [4.78, 5) is 24.7. The predicted molar refractivity (Wildman–Crippen MR) is 77.4 cm³/mol. The minimum atomic E-state index is -0.422. The molecule has 0 spiro atoms. The summed E-state index contributed by atoms with van der Waals surface area (Å²) in [5.74, 6) is -0.205. The number of halogens is 1. The van der Waals surface area contributed by atoms with E-state index >= 15 is 0 Å². The molecule has 2 rings (SSSR count). The van der Waals surface area contributed by atoms with Gasteiger partial charge in [0, 0.05) is 22.3 Å². The summed E-state index contributed by atoms with van der Waals surface area (Å²) in [6.45, 7) is 2.73. The molecule has 1 saturated heterocycles. The SMILES string of the molecule is C[C@@H](Nc1ccc(I)cc1)C(=O)N1CCNC1=O. The van der Waals surface area contributed by atoms with Crippen molar-refractivity contribution in [2.75, 3.05) is 18.4 Å². The van der Waals surface area contributed by atoms with E-state index in [1.165, 1.54) is 4.90 Å². The van der Waals surface area contributed by atoms with Crippen molar-refractivity contribution >= 4 is 40.2 Å². The van der Waals surface area contributed by atoms with E-state index in [1.807, 2.05) is 24.3 Å². The van der Waals surface area contributed by atoms with Gasteiger partial charge in [0.05, 0.1) is 0 Å². The Morgan fingerprint density at radius 1 is 1.44 bits per heavy atom. The number of nitrogens with one attached hydrogen (secondary N) is 2. The number of carbonyl (C=O) groups is 2. The van der Waals surface area contributed by atoms with Crippen molar-refractivity contribution in [3.05, 3.63) is 27.8 Å². The Bertz CT molecular complexity index is 461. The van der Waals surface area contributed by atoms with Crippen LogP contribution in [-0.4, -0.2) is 36.0 Å². The van der Waals surface area contributed by atoms with Gasteiger partial charge in [-0.2, -0.15) is 0 Å². The van der Waals surface area contributed by atoms with Crippen LogP contribution in [0, 0.1) is 3.57 Å². The third-order valence-electron chi connectivity index (χ3n) is 2.72. The number of urea groups is 1. The summed E-state index contributed by atoms with van der Waals surface area (Å²) in [5.41, 5.74) is 0.871. The Hall–Kier alpha value is -1.31. The molecule has 0 unspecified atom stereocenters. The van der Waals surface area contributed by atoms with E-state index in [4.69, 9.17) is 0 Å². The number of hydrogen-bond donors (Lipinski definition) is 2. The number of anilines is 1. The molecule has 1 heterocycles. The van der Waals surface area contributed by atoms with Crippen LogP contribution in [0.5, 0.6) is 0 Å². The second-order valence-corrected chi connectivity index (χ2v) is 5.34. The van der Waals surface area contributed by atoms with Crippen molar-refractivity contribution in [1.29, 1.82) is 0 Å². The molecule has 0 saturated carbocycles. The standard InChI is InChI=1S/C12H14IN3O2/c1-8(11(17)16-7-6-14-12(16)18)15-10-4-2-9(13)3-5-10/h2-5,8,15H,6-7H2,1H3,(H,14,18)/t8-/m1/s1. The zero-order chi connectivity index (χ0) is 13.1. The first-order chi connectivity index (χ1) is 8.58. The van der Waals surface area contributed by atoms with E-state index in [2.05, 4.69) is 33.2 Å². The van der Waals surface area contributed by atoms with Crippen molar-refractivity contribution in [2.24, 2.45) is 0 Å². The van der Waals surface area contributed by atoms with Crippen LogP contribution in [0.15, 0.2) is 24.3 Å². The molecule has 1 aromatic carbocycles. The number of rotatable bonds is 3. The fourth-order valence-electron chi connectivity index (χ4n) is 1.77. The third-order valence-corrected chi connectivity index (χ3v) is 3.44. The van der Waals surface area contributed by atoms with Crippen LogP contribution in [-0.2, 0) is 4.79 Å². The lowest BCUT2D eigenvalue weighted by molar-refractivity contribution is -0.128. The molecule has 1 aromatic rings. The molecular weight excluding hydrogens is 345 g/mol. The van der Waals surface area contributed by atoms with Gasteiger partial charge in [-0.05, 0) is 53.8 Å². The van der Waals surface area contributed by atoms with Gasteiger partial charge >= 0.3 is 6.03 Å². The lowest BCUT2D eigenvalue weighted by atomic mass is 10.2. The number of carbonyl (C=O) groups excluding carboxylic acids is 2. The van der Waals surface area contributed by atoms with Crippen molar-refractivity contribution in [2.45, 2.75) is 13.0 Å². The van der Waals surface area contributed by atoms with Crippen molar-refractivity contribution in [1.82, 2.24) is 10.2 Å². The van der Waals surface area contributed by atoms with Gasteiger partial charge in [0.2, 0.25) is 0 Å². The van der Waals surface area contributed by atoms with Gasteiger partial charge in [-0.3, -0.25) is 9.69 Å². The summed E-state index contributed by atoms with van der Waals surface area (Å²) in [7, 11) is 0. The number of benzene rings is 1. The van der Waals surface area contributed by atoms with Crippen molar-refractivity contribution < 1.29 is 9.59 Å². The molecular formula is C12H14IN3O2. The zero-order valence-corrected chi connectivity index (χ0v) is 12.1. The van der Waals surface area contributed by atoms with Crippen molar-refractivity contribution in [3.63, 3.8) is 0 Å². The van der Waals surface area contributed by atoms with E-state index in [-0.39, 0.29) is 11.9 Å². The first-order valence-corrected chi connectivity index (χ1v) is 6.77. The monoisotopic (exact) mass is 359 g/mol. The van der Waals surface area contributed by atoms with E-state index in [9.17, 15) is 9.59 Å². The Balaban J connectivity index is 1.99. The maximum Gasteiger partial charge on any atom is 0.324 e. The van der Waals surface area contributed by atoms with Crippen LogP contribution in [0.3, 0.4) is 0 Å². The topological polar surface area (TPSA) is 61.4 Å². The fourth-order valence-corrected chi connectivity index (χ4v) is 2.13. The predicted octanol–water partition coefficient (Wildman–Crippen LogP) is 1.64. The Kier molecular flexibility index (Phi) is 4.05. The highest BCUT2D eigenvalue weighted by Crippen LogP contribution is 2.13. The van der Waals surface area contributed by atoms with Crippen LogP contribution in [0.2, 0.25) is 0 Å². The van der Waals surface area contributed by atoms with Gasteiger partial charge in [0.15, 0.2) is 0 Å². The van der Waals surface area contributed by atoms with Crippen LogP contribution in [0.4, 0.5) is 10.5 Å². The van der Waals surface area contributed by atoms with E-state index < -0.39 is 6.04 Å². The summed E-state index contributed by atoms with van der Waals surface area (Å²) in [6, 6.07) is 7.02. The minimum absolute atomic E-state index is 0.205. The Labute approximate surface area is 119 Å². The number of hydrogen-bond acceptors (Lipinski definition) is 3. The Morgan fingerprint density at radius 2 is 2.11 bits per heavy atom. The molecule has 1 aliphatic heterocycles. The molecule has 96 valence electrons. The molecule has 6 heteroatoms. The average molecular weight is 359 g/mol. The number of amides is 3. The molecule has 0 bridgehead atoms. The van der Waals surface area contributed by atoms with Gasteiger partial charge in [-0.1, -0.05) is 0 Å². The van der Waals surface area contributed by atoms with Crippen LogP contribution < -0.4 is 10.6 Å². The maximum absolute atomic E-state index is 12.0. The number of nitrogens with zero attached hydrogens (tertiary/aromatic N) is 1. The summed E-state index contributed by atoms with van der Waals surface area (Å²) in [5, 5.41) is 5.71. The van der Waals surface area contributed by atoms with Crippen LogP contribution in [0.1, 0.15) is 6.92 Å². The maximum atomic E-state index is 12.0. The second kappa shape index (κ2) is 5.55. The molecule has 1 aliphatic rings. The highest BCUT2D eigenvalue weighted by atomic mass is 127.